The van der Waals surface area contributed by atoms with Crippen molar-refractivity contribution in [3.63, 3.8) is 0 Å². The number of aromatic nitrogens is 3. The molecule has 0 fully saturated rings. The summed E-state index contributed by atoms with van der Waals surface area (Å²) in [4.78, 5) is 4.23. The van der Waals surface area contributed by atoms with Crippen LogP contribution in [-0.2, 0) is 19.5 Å². The van der Waals surface area contributed by atoms with Gasteiger partial charge in [-0.15, -0.1) is 34.2 Å². The predicted molar refractivity (Wildman–Crippen MR) is 107 cm³/mol. The van der Waals surface area contributed by atoms with Gasteiger partial charge < -0.3 is 15.2 Å². The number of rotatable bonds is 6. The van der Waals surface area contributed by atoms with Crippen LogP contribution in [0.25, 0.3) is 0 Å². The molecule has 0 unspecified atom stereocenters. The van der Waals surface area contributed by atoms with Gasteiger partial charge in [-0.3, -0.25) is 4.99 Å². The van der Waals surface area contributed by atoms with Crippen molar-refractivity contribution in [3.8, 4) is 0 Å². The second-order valence-electron chi connectivity index (χ2n) is 4.77. The van der Waals surface area contributed by atoms with Crippen LogP contribution in [0.4, 0.5) is 0 Å². The number of benzene rings is 1. The molecule has 2 N–H and O–H groups in total. The summed E-state index contributed by atoms with van der Waals surface area (Å²) in [7, 11) is 1.77. The van der Waals surface area contributed by atoms with Crippen LogP contribution in [0, 0.1) is 0 Å². The van der Waals surface area contributed by atoms with E-state index in [2.05, 4.69) is 65.4 Å². The third-order valence-corrected chi connectivity index (χ3v) is 3.78. The third-order valence-electron chi connectivity index (χ3n) is 3.25. The lowest BCUT2D eigenvalue weighted by Crippen LogP contribution is -2.38. The Morgan fingerprint density at radius 2 is 2.00 bits per heavy atom. The minimum Gasteiger partial charge on any atom is -0.355 e. The summed E-state index contributed by atoms with van der Waals surface area (Å²) in [6, 6.07) is 8.22. The van der Waals surface area contributed by atoms with Crippen molar-refractivity contribution in [1.29, 1.82) is 0 Å². The number of aliphatic imine (C=N–C) groups is 1. The highest BCUT2D eigenvalue weighted by Crippen LogP contribution is 2.10. The fourth-order valence-corrected chi connectivity index (χ4v) is 2.31. The Kier molecular flexibility index (Phi) is 9.15. The monoisotopic (exact) mass is 492 g/mol. The molecule has 0 atom stereocenters. The van der Waals surface area contributed by atoms with Crippen LogP contribution in [0.15, 0.2) is 40.1 Å². The first kappa shape index (κ1) is 19.9. The topological polar surface area (TPSA) is 67.1 Å². The van der Waals surface area contributed by atoms with Gasteiger partial charge in [-0.05, 0) is 17.7 Å². The molecule has 0 aliphatic heterocycles. The molecule has 1 heterocycles. The van der Waals surface area contributed by atoms with E-state index in [-0.39, 0.29) is 24.0 Å². The number of aryl methyl sites for hydroxylation is 1. The van der Waals surface area contributed by atoms with E-state index in [1.54, 1.807) is 13.4 Å². The van der Waals surface area contributed by atoms with E-state index in [9.17, 15) is 0 Å². The molecule has 2 rings (SSSR count). The quantitative estimate of drug-likeness (QED) is 0.369. The highest BCUT2D eigenvalue weighted by Gasteiger charge is 2.02. The zero-order valence-corrected chi connectivity index (χ0v) is 17.2. The van der Waals surface area contributed by atoms with Crippen LogP contribution in [0.2, 0.25) is 0 Å². The maximum Gasteiger partial charge on any atom is 0.191 e. The van der Waals surface area contributed by atoms with E-state index in [0.29, 0.717) is 0 Å². The van der Waals surface area contributed by atoms with E-state index < -0.39 is 0 Å². The number of guanidine groups is 1. The lowest BCUT2D eigenvalue weighted by Gasteiger charge is -2.12. The second kappa shape index (κ2) is 10.6. The first-order valence-electron chi connectivity index (χ1n) is 7.28. The van der Waals surface area contributed by atoms with Gasteiger partial charge in [0.15, 0.2) is 5.96 Å². The fourth-order valence-electron chi connectivity index (χ4n) is 2.04. The Labute approximate surface area is 162 Å². The van der Waals surface area contributed by atoms with Crippen molar-refractivity contribution in [3.05, 3.63) is 46.5 Å². The summed E-state index contributed by atoms with van der Waals surface area (Å²) in [5.41, 5.74) is 1.21. The maximum atomic E-state index is 4.23. The van der Waals surface area contributed by atoms with Crippen molar-refractivity contribution in [1.82, 2.24) is 25.4 Å². The summed E-state index contributed by atoms with van der Waals surface area (Å²) < 4.78 is 3.13. The second-order valence-corrected chi connectivity index (χ2v) is 5.69. The van der Waals surface area contributed by atoms with Gasteiger partial charge in [0.25, 0.3) is 0 Å². The van der Waals surface area contributed by atoms with E-state index in [4.69, 9.17) is 0 Å². The highest BCUT2D eigenvalue weighted by molar-refractivity contribution is 14.0. The van der Waals surface area contributed by atoms with Crippen LogP contribution in [0.3, 0.4) is 0 Å². The summed E-state index contributed by atoms with van der Waals surface area (Å²) >= 11 is 3.43. The van der Waals surface area contributed by atoms with Gasteiger partial charge in [0, 0.05) is 37.6 Å². The lowest BCUT2D eigenvalue weighted by molar-refractivity contribution is 0.632. The van der Waals surface area contributed by atoms with E-state index in [0.717, 1.165) is 42.3 Å². The van der Waals surface area contributed by atoms with Crippen LogP contribution >= 0.6 is 39.9 Å². The first-order chi connectivity index (χ1) is 10.7. The number of nitrogens with zero attached hydrogens (tertiary/aromatic N) is 4. The molecule has 0 aliphatic rings. The van der Waals surface area contributed by atoms with Crippen molar-refractivity contribution in [2.45, 2.75) is 26.4 Å². The van der Waals surface area contributed by atoms with E-state index >= 15 is 0 Å². The lowest BCUT2D eigenvalue weighted by atomic mass is 10.2. The summed E-state index contributed by atoms with van der Waals surface area (Å²) in [6.07, 6.45) is 2.65. The minimum atomic E-state index is 0. The number of hydrogen-bond acceptors (Lipinski definition) is 3. The summed E-state index contributed by atoms with van der Waals surface area (Å²) in [5, 5.41) is 14.6. The smallest absolute Gasteiger partial charge is 0.191 e. The SMILES string of the molecule is CCc1nncn1CCNC(=NC)NCc1ccc(Br)cc1.I. The first-order valence-corrected chi connectivity index (χ1v) is 8.08. The molecule has 8 heteroatoms. The summed E-state index contributed by atoms with van der Waals surface area (Å²) in [6.45, 7) is 4.40. The van der Waals surface area contributed by atoms with Gasteiger partial charge >= 0.3 is 0 Å². The minimum absolute atomic E-state index is 0. The largest absolute Gasteiger partial charge is 0.355 e. The van der Waals surface area contributed by atoms with Crippen LogP contribution in [0.5, 0.6) is 0 Å². The molecule has 23 heavy (non-hydrogen) atoms. The molecule has 126 valence electrons. The zero-order chi connectivity index (χ0) is 15.8. The Balaban J connectivity index is 0.00000264. The summed E-state index contributed by atoms with van der Waals surface area (Å²) in [5.74, 6) is 1.79. The molecule has 0 radical (unpaired) electrons. The predicted octanol–water partition coefficient (Wildman–Crippen LogP) is 2.59. The van der Waals surface area contributed by atoms with Crippen molar-refractivity contribution in [2.24, 2.45) is 4.99 Å². The number of hydrogen-bond donors (Lipinski definition) is 2. The number of halogens is 2. The van der Waals surface area contributed by atoms with Crippen molar-refractivity contribution < 1.29 is 0 Å². The Morgan fingerprint density at radius 3 is 2.65 bits per heavy atom. The molecule has 2 aromatic rings. The normalized spacial score (nSPS) is 11.0. The highest BCUT2D eigenvalue weighted by atomic mass is 127. The number of nitrogens with one attached hydrogen (secondary N) is 2. The third kappa shape index (κ3) is 6.46. The van der Waals surface area contributed by atoms with Gasteiger partial charge in [-0.25, -0.2) is 0 Å². The molecule has 0 bridgehead atoms. The average molecular weight is 493 g/mol. The van der Waals surface area contributed by atoms with Crippen molar-refractivity contribution >= 4 is 45.9 Å². The maximum absolute atomic E-state index is 4.23. The Bertz CT molecular complexity index is 611. The molecular formula is C15H22BrIN6. The van der Waals surface area contributed by atoms with Crippen LogP contribution in [0.1, 0.15) is 18.3 Å². The molecule has 0 saturated carbocycles. The van der Waals surface area contributed by atoms with E-state index in [1.807, 2.05) is 12.1 Å². The van der Waals surface area contributed by atoms with Gasteiger partial charge in [0.2, 0.25) is 0 Å². The van der Waals surface area contributed by atoms with Crippen LogP contribution in [-0.4, -0.2) is 34.3 Å². The average Bonchev–Trinajstić information content (AvgIpc) is 2.99. The molecule has 0 saturated heterocycles. The zero-order valence-electron chi connectivity index (χ0n) is 13.3. The van der Waals surface area contributed by atoms with Gasteiger partial charge in [-0.2, -0.15) is 0 Å². The molecule has 0 amide bonds. The molecule has 1 aromatic carbocycles. The van der Waals surface area contributed by atoms with Crippen LogP contribution < -0.4 is 10.6 Å². The molecule has 0 aliphatic carbocycles. The van der Waals surface area contributed by atoms with Gasteiger partial charge in [-0.1, -0.05) is 35.0 Å². The standard InChI is InChI=1S/C15H21BrN6.HI/c1-3-14-21-20-11-22(14)9-8-18-15(17-2)19-10-12-4-6-13(16)7-5-12;/h4-7,11H,3,8-10H2,1-2H3,(H2,17,18,19);1H. The fraction of sp³-hybridized carbons (Fsp3) is 0.400. The Hall–Kier alpha value is -1.16. The van der Waals surface area contributed by atoms with Gasteiger partial charge in [0.05, 0.1) is 0 Å². The molecule has 1 aromatic heterocycles. The van der Waals surface area contributed by atoms with Crippen molar-refractivity contribution in [2.75, 3.05) is 13.6 Å². The van der Waals surface area contributed by atoms with Gasteiger partial charge in [0.1, 0.15) is 12.2 Å². The molecule has 6 nitrogen and oxygen atoms in total. The molecule has 0 spiro atoms. The van der Waals surface area contributed by atoms with E-state index in [1.165, 1.54) is 5.56 Å². The Morgan fingerprint density at radius 1 is 1.26 bits per heavy atom. The molecular weight excluding hydrogens is 471 g/mol.